The van der Waals surface area contributed by atoms with Crippen molar-refractivity contribution in [3.8, 4) is 5.75 Å². The molecule has 1 aliphatic carbocycles. The predicted molar refractivity (Wildman–Crippen MR) is 127 cm³/mol. The fourth-order valence-corrected chi connectivity index (χ4v) is 6.25. The van der Waals surface area contributed by atoms with E-state index in [9.17, 15) is 9.59 Å². The second kappa shape index (κ2) is 9.00. The molecular formula is C25H31FN6O3. The van der Waals surface area contributed by atoms with Gasteiger partial charge >= 0.3 is 0 Å². The van der Waals surface area contributed by atoms with Gasteiger partial charge in [0.05, 0.1) is 24.1 Å². The van der Waals surface area contributed by atoms with Gasteiger partial charge in [0.25, 0.3) is 5.91 Å². The number of hydrogen-bond donors (Lipinski definition) is 3. The summed E-state index contributed by atoms with van der Waals surface area (Å²) in [6.45, 7) is 4.73. The Bertz CT molecular complexity index is 1130. The van der Waals surface area contributed by atoms with Crippen molar-refractivity contribution >= 4 is 22.7 Å². The van der Waals surface area contributed by atoms with Crippen LogP contribution in [0.5, 0.6) is 5.75 Å². The van der Waals surface area contributed by atoms with Crippen LogP contribution in [0.1, 0.15) is 30.3 Å². The summed E-state index contributed by atoms with van der Waals surface area (Å²) in [6, 6.07) is 9.01. The Morgan fingerprint density at radius 1 is 1.09 bits per heavy atom. The quantitative estimate of drug-likeness (QED) is 0.604. The van der Waals surface area contributed by atoms with E-state index >= 15 is 4.39 Å². The van der Waals surface area contributed by atoms with Gasteiger partial charge in [-0.25, -0.2) is 20.2 Å². The molecule has 3 N–H and O–H groups in total. The maximum atomic E-state index is 15.1. The number of likely N-dealkylation sites (tertiary alicyclic amines) is 2. The molecule has 1 aromatic carbocycles. The van der Waals surface area contributed by atoms with Gasteiger partial charge in [-0.1, -0.05) is 12.1 Å². The smallest absolute Gasteiger partial charge is 0.272 e. The molecular weight excluding hydrogens is 451 g/mol. The first-order valence-electron chi connectivity index (χ1n) is 12.5. The third kappa shape index (κ3) is 3.93. The summed E-state index contributed by atoms with van der Waals surface area (Å²) in [5, 5.41) is 0.887. The van der Waals surface area contributed by atoms with E-state index in [0.29, 0.717) is 50.7 Å². The van der Waals surface area contributed by atoms with Gasteiger partial charge in [-0.2, -0.15) is 5.53 Å². The van der Waals surface area contributed by atoms with Crippen molar-refractivity contribution in [2.75, 3.05) is 32.8 Å². The van der Waals surface area contributed by atoms with Crippen LogP contribution in [0.25, 0.3) is 10.9 Å². The van der Waals surface area contributed by atoms with Gasteiger partial charge in [0.15, 0.2) is 0 Å². The van der Waals surface area contributed by atoms with Crippen LogP contribution in [0.2, 0.25) is 0 Å². The number of carbonyl (C=O) groups is 2. The second-order valence-electron chi connectivity index (χ2n) is 10.1. The maximum absolute atomic E-state index is 15.1. The molecule has 4 fully saturated rings. The molecule has 6 rings (SSSR count). The van der Waals surface area contributed by atoms with Crippen molar-refractivity contribution in [3.63, 3.8) is 0 Å². The fourth-order valence-electron chi connectivity index (χ4n) is 6.25. The molecule has 4 aliphatic rings. The number of amides is 2. The minimum absolute atomic E-state index is 0.0125. The standard InChI is InChI=1S/C25H31FN6O3/c1-2-35-21-9-20(27-18-6-4-3-5-16(18)21)25(34)32-12-14-10-31(11-15(14)13-32)24(33)17-7-8-19-23(22(17)26)29-30-28-19/h3-6,9,14-15,17,19,22-23,28-30H,2,7-8,10-13H2,1H3/t14-,15-,17?,19?,22?,23?/m0/s1. The number of hydrogen-bond acceptors (Lipinski definition) is 7. The summed E-state index contributed by atoms with van der Waals surface area (Å²) in [5.74, 6) is 0.262. The number of benzene rings is 1. The zero-order chi connectivity index (χ0) is 24.1. The summed E-state index contributed by atoms with van der Waals surface area (Å²) in [5.41, 5.74) is 9.84. The highest BCUT2D eigenvalue weighted by Gasteiger charge is 2.49. The molecule has 6 atom stereocenters. The van der Waals surface area contributed by atoms with Crippen molar-refractivity contribution in [1.82, 2.24) is 31.2 Å². The molecule has 4 heterocycles. The first-order valence-corrected chi connectivity index (χ1v) is 12.5. The van der Waals surface area contributed by atoms with Gasteiger partial charge in [0.2, 0.25) is 5.91 Å². The molecule has 10 heteroatoms. The first kappa shape index (κ1) is 22.6. The Morgan fingerprint density at radius 3 is 2.60 bits per heavy atom. The van der Waals surface area contributed by atoms with Crippen molar-refractivity contribution in [1.29, 1.82) is 0 Å². The minimum Gasteiger partial charge on any atom is -0.493 e. The van der Waals surface area contributed by atoms with Gasteiger partial charge in [0, 0.05) is 55.5 Å². The molecule has 9 nitrogen and oxygen atoms in total. The van der Waals surface area contributed by atoms with E-state index in [4.69, 9.17) is 4.74 Å². The van der Waals surface area contributed by atoms with Crippen molar-refractivity contribution in [3.05, 3.63) is 36.0 Å². The third-order valence-corrected chi connectivity index (χ3v) is 8.05. The summed E-state index contributed by atoms with van der Waals surface area (Å²) in [4.78, 5) is 34.8. The Hall–Kier alpha value is -2.82. The fraction of sp³-hybridized carbons (Fsp3) is 0.560. The van der Waals surface area contributed by atoms with Crippen molar-refractivity contribution in [2.24, 2.45) is 17.8 Å². The van der Waals surface area contributed by atoms with Crippen LogP contribution in [0.15, 0.2) is 30.3 Å². The molecule has 0 bridgehead atoms. The molecule has 0 spiro atoms. The Balaban J connectivity index is 1.12. The zero-order valence-corrected chi connectivity index (χ0v) is 19.7. The van der Waals surface area contributed by atoms with Gasteiger partial charge < -0.3 is 14.5 Å². The molecule has 186 valence electrons. The highest BCUT2D eigenvalue weighted by atomic mass is 19.1. The van der Waals surface area contributed by atoms with Crippen LogP contribution < -0.4 is 21.1 Å². The highest BCUT2D eigenvalue weighted by Crippen LogP contribution is 2.36. The molecule has 35 heavy (non-hydrogen) atoms. The number of rotatable bonds is 4. The van der Waals surface area contributed by atoms with E-state index in [1.807, 2.05) is 41.0 Å². The number of alkyl halides is 1. The van der Waals surface area contributed by atoms with Crippen molar-refractivity contribution in [2.45, 2.75) is 38.0 Å². The van der Waals surface area contributed by atoms with Crippen LogP contribution in [0.4, 0.5) is 4.39 Å². The number of nitrogens with zero attached hydrogens (tertiary/aromatic N) is 3. The molecule has 2 amide bonds. The number of ether oxygens (including phenoxy) is 1. The average molecular weight is 483 g/mol. The number of hydrazine groups is 2. The number of nitrogens with one attached hydrogen (secondary N) is 3. The lowest BCUT2D eigenvalue weighted by Gasteiger charge is -2.35. The van der Waals surface area contributed by atoms with Crippen LogP contribution >= 0.6 is 0 Å². The monoisotopic (exact) mass is 482 g/mol. The van der Waals surface area contributed by atoms with E-state index in [1.165, 1.54) is 0 Å². The van der Waals surface area contributed by atoms with Gasteiger partial charge in [0.1, 0.15) is 17.6 Å². The van der Waals surface area contributed by atoms with E-state index in [2.05, 4.69) is 21.4 Å². The topological polar surface area (TPSA) is 98.8 Å². The highest BCUT2D eigenvalue weighted by molar-refractivity contribution is 5.97. The molecule has 3 saturated heterocycles. The van der Waals surface area contributed by atoms with Gasteiger partial charge in [-0.3, -0.25) is 9.59 Å². The van der Waals surface area contributed by atoms with Gasteiger partial charge in [-0.15, -0.1) is 0 Å². The molecule has 4 unspecified atom stereocenters. The van der Waals surface area contributed by atoms with E-state index in [1.54, 1.807) is 6.07 Å². The number of halogens is 1. The zero-order valence-electron chi connectivity index (χ0n) is 19.7. The lowest BCUT2D eigenvalue weighted by atomic mass is 9.80. The second-order valence-corrected chi connectivity index (χ2v) is 10.1. The lowest BCUT2D eigenvalue weighted by molar-refractivity contribution is -0.138. The van der Waals surface area contributed by atoms with Crippen molar-refractivity contribution < 1.29 is 18.7 Å². The first-order chi connectivity index (χ1) is 17.0. The Kier molecular flexibility index (Phi) is 5.82. The molecule has 2 aromatic rings. The van der Waals surface area contributed by atoms with E-state index in [0.717, 1.165) is 17.3 Å². The number of aromatic nitrogens is 1. The molecule has 1 saturated carbocycles. The van der Waals surface area contributed by atoms with E-state index < -0.39 is 12.1 Å². The Morgan fingerprint density at radius 2 is 1.83 bits per heavy atom. The minimum atomic E-state index is -1.22. The maximum Gasteiger partial charge on any atom is 0.272 e. The summed E-state index contributed by atoms with van der Waals surface area (Å²) >= 11 is 0. The van der Waals surface area contributed by atoms with Gasteiger partial charge in [-0.05, 0) is 31.9 Å². The van der Waals surface area contributed by atoms with Crippen LogP contribution in [-0.2, 0) is 4.79 Å². The molecule has 1 aromatic heterocycles. The third-order valence-electron chi connectivity index (χ3n) is 8.05. The number of fused-ring (bicyclic) bond motifs is 3. The normalized spacial score (nSPS) is 32.1. The predicted octanol–water partition coefficient (Wildman–Crippen LogP) is 1.26. The summed E-state index contributed by atoms with van der Waals surface area (Å²) in [6.07, 6.45) is 0.0808. The lowest BCUT2D eigenvalue weighted by Crippen LogP contribution is -2.53. The van der Waals surface area contributed by atoms with E-state index in [-0.39, 0.29) is 35.7 Å². The summed E-state index contributed by atoms with van der Waals surface area (Å²) < 4.78 is 20.9. The molecule has 3 aliphatic heterocycles. The Labute approximate surface area is 203 Å². The van der Waals surface area contributed by atoms with Crippen LogP contribution in [-0.4, -0.2) is 77.6 Å². The number of carbonyl (C=O) groups excluding carboxylic acids is 2. The largest absolute Gasteiger partial charge is 0.493 e. The number of pyridine rings is 1. The summed E-state index contributed by atoms with van der Waals surface area (Å²) in [7, 11) is 0. The SMILES string of the molecule is CCOc1cc(C(=O)N2C[C@@H]3CN(C(=O)C4CCC5NNNC5C4F)C[C@H]3C2)nc2ccccc12. The van der Waals surface area contributed by atoms with Crippen LogP contribution in [0.3, 0.4) is 0 Å². The number of para-hydroxylation sites is 1. The average Bonchev–Trinajstić information content (AvgIpc) is 3.59. The van der Waals surface area contributed by atoms with Crippen LogP contribution in [0, 0.1) is 17.8 Å². The molecule has 0 radical (unpaired) electrons.